The first kappa shape index (κ1) is 6.43. The van der Waals surface area contributed by atoms with E-state index in [1.165, 1.54) is 0 Å². The molecular formula is C4H11N2O+. The van der Waals surface area contributed by atoms with Crippen molar-refractivity contribution in [1.29, 1.82) is 0 Å². The summed E-state index contributed by atoms with van der Waals surface area (Å²) in [5.41, 5.74) is 3.50. The zero-order valence-electron chi connectivity index (χ0n) is 4.69. The molecule has 0 saturated carbocycles. The van der Waals surface area contributed by atoms with E-state index in [1.54, 1.807) is 14.0 Å². The summed E-state index contributed by atoms with van der Waals surface area (Å²) in [7, 11) is 1.60. The predicted octanol–water partition coefficient (Wildman–Crippen LogP) is -1.64. The highest BCUT2D eigenvalue weighted by Gasteiger charge is 2.05. The molecule has 7 heavy (non-hydrogen) atoms. The van der Waals surface area contributed by atoms with Gasteiger partial charge in [0.15, 0.2) is 6.04 Å². The molecule has 0 aromatic rings. The molecule has 0 aromatic carbocycles. The first-order valence-electron chi connectivity index (χ1n) is 2.23. The van der Waals surface area contributed by atoms with Gasteiger partial charge in [0.25, 0.3) is 5.91 Å². The van der Waals surface area contributed by atoms with Crippen molar-refractivity contribution in [3.63, 3.8) is 0 Å². The minimum atomic E-state index is -0.134. The Labute approximate surface area is 42.9 Å². The fourth-order valence-electron chi connectivity index (χ4n) is 0.246. The summed E-state index contributed by atoms with van der Waals surface area (Å²) in [5, 5.41) is 2.46. The van der Waals surface area contributed by atoms with Gasteiger partial charge in [0.1, 0.15) is 0 Å². The number of carbonyl (C=O) groups excluding carboxylic acids is 1. The van der Waals surface area contributed by atoms with Crippen LogP contribution >= 0.6 is 0 Å². The number of quaternary nitrogens is 1. The molecule has 0 aromatic heterocycles. The number of carbonyl (C=O) groups is 1. The van der Waals surface area contributed by atoms with Gasteiger partial charge in [-0.2, -0.15) is 0 Å². The maximum atomic E-state index is 10.3. The van der Waals surface area contributed by atoms with E-state index in [9.17, 15) is 4.79 Å². The van der Waals surface area contributed by atoms with E-state index in [4.69, 9.17) is 0 Å². The molecule has 42 valence electrons. The Kier molecular flexibility index (Phi) is 2.37. The van der Waals surface area contributed by atoms with Crippen LogP contribution in [0.25, 0.3) is 0 Å². The summed E-state index contributed by atoms with van der Waals surface area (Å²) in [6.07, 6.45) is 0. The second-order valence-corrected chi connectivity index (χ2v) is 1.52. The van der Waals surface area contributed by atoms with Crippen LogP contribution in [0, 0.1) is 0 Å². The van der Waals surface area contributed by atoms with Gasteiger partial charge in [-0.25, -0.2) is 0 Å². The number of hydrogen-bond donors (Lipinski definition) is 2. The summed E-state index contributed by atoms with van der Waals surface area (Å²) in [4.78, 5) is 10.3. The average molecular weight is 103 g/mol. The maximum absolute atomic E-state index is 10.3. The van der Waals surface area contributed by atoms with E-state index in [1.807, 2.05) is 0 Å². The lowest BCUT2D eigenvalue weighted by Gasteiger charge is -1.95. The normalized spacial score (nSPS) is 13.0. The molecule has 3 nitrogen and oxygen atoms in total. The topological polar surface area (TPSA) is 56.7 Å². The molecule has 0 unspecified atom stereocenters. The molecule has 0 bridgehead atoms. The minimum Gasteiger partial charge on any atom is -0.354 e. The fraction of sp³-hybridized carbons (Fsp3) is 0.750. The largest absolute Gasteiger partial charge is 0.354 e. The molecule has 1 amide bonds. The smallest absolute Gasteiger partial charge is 0.277 e. The molecule has 3 heteroatoms. The third kappa shape index (κ3) is 2.17. The van der Waals surface area contributed by atoms with Gasteiger partial charge in [0.05, 0.1) is 0 Å². The van der Waals surface area contributed by atoms with Crippen LogP contribution in [-0.4, -0.2) is 19.0 Å². The summed E-state index contributed by atoms with van der Waals surface area (Å²) in [6, 6.07) is -0.134. The third-order valence-corrected chi connectivity index (χ3v) is 0.694. The monoisotopic (exact) mass is 103 g/mol. The van der Waals surface area contributed by atoms with Gasteiger partial charge >= 0.3 is 0 Å². The van der Waals surface area contributed by atoms with Gasteiger partial charge in [-0.3, -0.25) is 4.79 Å². The van der Waals surface area contributed by atoms with Crippen molar-refractivity contribution in [1.82, 2.24) is 5.32 Å². The van der Waals surface area contributed by atoms with Crippen molar-refractivity contribution in [2.45, 2.75) is 13.0 Å². The van der Waals surface area contributed by atoms with Crippen molar-refractivity contribution >= 4 is 5.91 Å². The van der Waals surface area contributed by atoms with Gasteiger partial charge in [0, 0.05) is 7.05 Å². The molecule has 0 radical (unpaired) electrons. The highest BCUT2D eigenvalue weighted by molar-refractivity contribution is 5.79. The third-order valence-electron chi connectivity index (χ3n) is 0.694. The van der Waals surface area contributed by atoms with E-state index >= 15 is 0 Å². The Balaban J connectivity index is 3.35. The van der Waals surface area contributed by atoms with Crippen LogP contribution in [0.1, 0.15) is 6.92 Å². The summed E-state index contributed by atoms with van der Waals surface area (Å²) in [5.74, 6) is -0.0139. The molecule has 0 spiro atoms. The Morgan fingerprint density at radius 3 is 2.29 bits per heavy atom. The molecule has 0 saturated heterocycles. The lowest BCUT2D eigenvalue weighted by Crippen LogP contribution is -2.65. The molecule has 0 fully saturated rings. The van der Waals surface area contributed by atoms with Crippen molar-refractivity contribution in [3.8, 4) is 0 Å². The van der Waals surface area contributed by atoms with E-state index in [0.717, 1.165) is 0 Å². The molecule has 0 aliphatic rings. The number of rotatable bonds is 1. The fourth-order valence-corrected chi connectivity index (χ4v) is 0.246. The summed E-state index contributed by atoms with van der Waals surface area (Å²) < 4.78 is 0. The van der Waals surface area contributed by atoms with Crippen LogP contribution in [-0.2, 0) is 4.79 Å². The lowest BCUT2D eigenvalue weighted by molar-refractivity contribution is -0.398. The number of likely N-dealkylation sites (N-methyl/N-ethyl adjacent to an activating group) is 1. The maximum Gasteiger partial charge on any atom is 0.277 e. The Bertz CT molecular complexity index is 70.1. The summed E-state index contributed by atoms with van der Waals surface area (Å²) >= 11 is 0. The van der Waals surface area contributed by atoms with Crippen LogP contribution in [0.15, 0.2) is 0 Å². The zero-order chi connectivity index (χ0) is 5.86. The molecular weight excluding hydrogens is 92.1 g/mol. The van der Waals surface area contributed by atoms with Crippen LogP contribution in [0.2, 0.25) is 0 Å². The standard InChI is InChI=1S/C4H10N2O/c1-3(5)4(7)6-2/h3H,5H2,1-2H3,(H,6,7)/p+1/t3-/m0/s1. The second-order valence-electron chi connectivity index (χ2n) is 1.52. The predicted molar refractivity (Wildman–Crippen MR) is 26.4 cm³/mol. The second kappa shape index (κ2) is 2.58. The highest BCUT2D eigenvalue weighted by atomic mass is 16.2. The summed E-state index contributed by atoms with van der Waals surface area (Å²) in [6.45, 7) is 1.75. The van der Waals surface area contributed by atoms with E-state index in [0.29, 0.717) is 0 Å². The van der Waals surface area contributed by atoms with Crippen LogP contribution < -0.4 is 11.1 Å². The van der Waals surface area contributed by atoms with Crippen LogP contribution in [0.5, 0.6) is 0 Å². The zero-order valence-corrected chi connectivity index (χ0v) is 4.69. The average Bonchev–Trinajstić information content (AvgIpc) is 1.65. The molecule has 4 N–H and O–H groups in total. The van der Waals surface area contributed by atoms with Crippen molar-refractivity contribution in [3.05, 3.63) is 0 Å². The van der Waals surface area contributed by atoms with E-state index < -0.39 is 0 Å². The molecule has 0 aliphatic heterocycles. The van der Waals surface area contributed by atoms with E-state index in [2.05, 4.69) is 11.1 Å². The van der Waals surface area contributed by atoms with Crippen LogP contribution in [0.3, 0.4) is 0 Å². The van der Waals surface area contributed by atoms with Gasteiger partial charge in [-0.15, -0.1) is 0 Å². The van der Waals surface area contributed by atoms with Crippen molar-refractivity contribution in [2.24, 2.45) is 0 Å². The van der Waals surface area contributed by atoms with Crippen molar-refractivity contribution < 1.29 is 10.5 Å². The first-order valence-corrected chi connectivity index (χ1v) is 2.23. The minimum absolute atomic E-state index is 0.0139. The van der Waals surface area contributed by atoms with Gasteiger partial charge in [-0.1, -0.05) is 0 Å². The number of amides is 1. The Hall–Kier alpha value is -0.570. The number of hydrogen-bond acceptors (Lipinski definition) is 1. The van der Waals surface area contributed by atoms with Gasteiger partial charge in [0.2, 0.25) is 0 Å². The molecule has 0 rings (SSSR count). The number of nitrogens with one attached hydrogen (secondary N) is 1. The van der Waals surface area contributed by atoms with Gasteiger partial charge < -0.3 is 11.1 Å². The van der Waals surface area contributed by atoms with Crippen molar-refractivity contribution in [2.75, 3.05) is 7.05 Å². The highest BCUT2D eigenvalue weighted by Crippen LogP contribution is 1.65. The molecule has 0 heterocycles. The first-order chi connectivity index (χ1) is 3.18. The quantitative estimate of drug-likeness (QED) is 0.411. The molecule has 1 atom stereocenters. The molecule has 0 aliphatic carbocycles. The Morgan fingerprint density at radius 1 is 1.86 bits per heavy atom. The van der Waals surface area contributed by atoms with E-state index in [-0.39, 0.29) is 11.9 Å². The van der Waals surface area contributed by atoms with Crippen LogP contribution in [0.4, 0.5) is 0 Å². The Morgan fingerprint density at radius 2 is 2.29 bits per heavy atom. The van der Waals surface area contributed by atoms with Gasteiger partial charge in [-0.05, 0) is 6.92 Å². The SMILES string of the molecule is CNC(=O)[C@H](C)[NH3+]. The lowest BCUT2D eigenvalue weighted by atomic mass is 10.3.